The van der Waals surface area contributed by atoms with E-state index in [2.05, 4.69) is 0 Å². The minimum atomic E-state index is -4.63. The Labute approximate surface area is 138 Å². The zero-order valence-corrected chi connectivity index (χ0v) is 13.5. The van der Waals surface area contributed by atoms with Crippen LogP contribution in [0.15, 0.2) is 18.2 Å². The summed E-state index contributed by atoms with van der Waals surface area (Å²) in [5, 5.41) is 20.5. The van der Waals surface area contributed by atoms with Gasteiger partial charge in [-0.25, -0.2) is 0 Å². The van der Waals surface area contributed by atoms with Crippen molar-refractivity contribution in [3.05, 3.63) is 39.4 Å². The van der Waals surface area contributed by atoms with Gasteiger partial charge in [0.2, 0.25) is 0 Å². The highest BCUT2D eigenvalue weighted by atomic mass is 19.4. The summed E-state index contributed by atoms with van der Waals surface area (Å²) in [5.74, 6) is 0. The predicted molar refractivity (Wildman–Crippen MR) is 83.5 cm³/mol. The minimum Gasteiger partial charge on any atom is -0.437 e. The first-order valence-electron chi connectivity index (χ1n) is 7.62. The lowest BCUT2D eigenvalue weighted by molar-refractivity contribution is -0.385. The zero-order valence-electron chi connectivity index (χ0n) is 13.5. The molecule has 6 nitrogen and oxygen atoms in total. The maximum atomic E-state index is 13.0. The topological polar surface area (TPSA) is 69.8 Å². The Balaban J connectivity index is 2.24. The van der Waals surface area contributed by atoms with E-state index in [1.54, 1.807) is 13.7 Å². The highest BCUT2D eigenvalue weighted by molar-refractivity contribution is 6.45. The van der Waals surface area contributed by atoms with Gasteiger partial charge < -0.3 is 9.83 Å². The molecule has 0 radical (unpaired) electrons. The van der Waals surface area contributed by atoms with E-state index in [1.165, 1.54) is 6.07 Å². The second kappa shape index (κ2) is 7.08. The highest BCUT2D eigenvalue weighted by Gasteiger charge is 2.34. The number of nitrogens with zero attached hydrogens (tertiary/aromatic N) is 3. The third-order valence-corrected chi connectivity index (χ3v) is 4.39. The lowest BCUT2D eigenvalue weighted by Gasteiger charge is -2.38. The van der Waals surface area contributed by atoms with Crippen molar-refractivity contribution in [2.45, 2.75) is 26.0 Å². The Hall–Kier alpha value is -1.65. The smallest absolute Gasteiger partial charge is 0.416 e. The van der Waals surface area contributed by atoms with E-state index in [-0.39, 0.29) is 11.6 Å². The third kappa shape index (κ3) is 4.25. The molecule has 0 aromatic heterocycles. The van der Waals surface area contributed by atoms with E-state index < -0.39 is 29.4 Å². The fourth-order valence-corrected chi connectivity index (χ4v) is 2.85. The number of halogens is 3. The molecule has 1 fully saturated rings. The number of alkyl halides is 3. The first kappa shape index (κ1) is 18.7. The van der Waals surface area contributed by atoms with Crippen LogP contribution in [0.25, 0.3) is 0 Å². The molecule has 0 spiro atoms. The number of nitro benzene ring substituents is 1. The average Bonchev–Trinajstić information content (AvgIpc) is 2.53. The van der Waals surface area contributed by atoms with Gasteiger partial charge in [0.15, 0.2) is 0 Å². The number of non-ortho nitro benzene ring substituents is 1. The second-order valence-electron chi connectivity index (χ2n) is 5.95. The molecular formula is C14H19BF3N3O3. The molecule has 1 aromatic carbocycles. The predicted octanol–water partition coefficient (Wildman–Crippen LogP) is 2.40. The van der Waals surface area contributed by atoms with Crippen molar-refractivity contribution in [2.75, 3.05) is 26.2 Å². The van der Waals surface area contributed by atoms with Crippen molar-refractivity contribution in [1.82, 2.24) is 9.71 Å². The first-order valence-corrected chi connectivity index (χ1v) is 7.62. The molecule has 10 heteroatoms. The lowest BCUT2D eigenvalue weighted by atomic mass is 9.84. The fraction of sp³-hybridized carbons (Fsp3) is 0.571. The van der Waals surface area contributed by atoms with E-state index >= 15 is 0 Å². The number of benzene rings is 1. The Kier molecular flexibility index (Phi) is 5.51. The fourth-order valence-electron chi connectivity index (χ4n) is 2.85. The van der Waals surface area contributed by atoms with Gasteiger partial charge in [-0.05, 0) is 25.4 Å². The van der Waals surface area contributed by atoms with Crippen molar-refractivity contribution in [3.63, 3.8) is 0 Å². The molecule has 1 aromatic rings. The second-order valence-corrected chi connectivity index (χ2v) is 5.95. The Morgan fingerprint density at radius 3 is 2.29 bits per heavy atom. The van der Waals surface area contributed by atoms with Crippen LogP contribution in [0.1, 0.15) is 24.1 Å². The summed E-state index contributed by atoms with van der Waals surface area (Å²) in [6, 6.07) is 2.34. The number of rotatable bonds is 4. The summed E-state index contributed by atoms with van der Waals surface area (Å²) in [6.07, 6.45) is -4.63. The van der Waals surface area contributed by atoms with Gasteiger partial charge in [-0.1, -0.05) is 0 Å². The summed E-state index contributed by atoms with van der Waals surface area (Å²) in [6.45, 7) is 5.70. The normalized spacial score (nSPS) is 18.4. The van der Waals surface area contributed by atoms with E-state index in [9.17, 15) is 28.3 Å². The SMILES string of the molecule is CB(O)N1CCN(C(C)c2cc([N+](=O)[O-])cc(C(F)(F)F)c2)CC1. The molecule has 1 aliphatic heterocycles. The van der Waals surface area contributed by atoms with Gasteiger partial charge in [0.05, 0.1) is 10.5 Å². The summed E-state index contributed by atoms with van der Waals surface area (Å²) in [7, 11) is -0.572. The maximum Gasteiger partial charge on any atom is 0.416 e. The van der Waals surface area contributed by atoms with Gasteiger partial charge in [-0.2, -0.15) is 13.2 Å². The van der Waals surface area contributed by atoms with Gasteiger partial charge in [-0.15, -0.1) is 0 Å². The van der Waals surface area contributed by atoms with Gasteiger partial charge >= 0.3 is 13.2 Å². The molecule has 0 saturated carbocycles. The van der Waals surface area contributed by atoms with Crippen LogP contribution in [0.4, 0.5) is 18.9 Å². The van der Waals surface area contributed by atoms with Gasteiger partial charge in [0.25, 0.3) is 5.69 Å². The maximum absolute atomic E-state index is 13.0. The minimum absolute atomic E-state index is 0.266. The van der Waals surface area contributed by atoms with Crippen molar-refractivity contribution < 1.29 is 23.1 Å². The highest BCUT2D eigenvalue weighted by Crippen LogP contribution is 2.35. The Morgan fingerprint density at radius 2 is 1.83 bits per heavy atom. The van der Waals surface area contributed by atoms with Crippen LogP contribution >= 0.6 is 0 Å². The molecule has 0 bridgehead atoms. The summed E-state index contributed by atoms with van der Waals surface area (Å²) in [4.78, 5) is 13.9. The Morgan fingerprint density at radius 1 is 1.25 bits per heavy atom. The molecule has 1 heterocycles. The number of piperazine rings is 1. The number of hydrogen-bond donors (Lipinski definition) is 1. The monoisotopic (exact) mass is 345 g/mol. The van der Waals surface area contributed by atoms with Crippen molar-refractivity contribution in [1.29, 1.82) is 0 Å². The molecule has 1 saturated heterocycles. The quantitative estimate of drug-likeness (QED) is 0.516. The lowest BCUT2D eigenvalue weighted by Crippen LogP contribution is -2.51. The van der Waals surface area contributed by atoms with E-state index in [4.69, 9.17) is 0 Å². The first-order chi connectivity index (χ1) is 11.1. The molecule has 1 atom stereocenters. The van der Waals surface area contributed by atoms with Crippen molar-refractivity contribution in [2.24, 2.45) is 0 Å². The molecule has 132 valence electrons. The largest absolute Gasteiger partial charge is 0.437 e. The summed E-state index contributed by atoms with van der Waals surface area (Å²) >= 11 is 0. The van der Waals surface area contributed by atoms with Gasteiger partial charge in [0.1, 0.15) is 0 Å². The Bertz CT molecular complexity index is 605. The average molecular weight is 345 g/mol. The number of nitro groups is 1. The van der Waals surface area contributed by atoms with Crippen molar-refractivity contribution in [3.8, 4) is 0 Å². The molecular weight excluding hydrogens is 326 g/mol. The van der Waals surface area contributed by atoms with Crippen LogP contribution in [0.2, 0.25) is 6.82 Å². The van der Waals surface area contributed by atoms with E-state index in [1.807, 2.05) is 9.71 Å². The molecule has 1 unspecified atom stereocenters. The molecule has 0 amide bonds. The molecule has 0 aliphatic carbocycles. The molecule has 1 aliphatic rings. The molecule has 2 rings (SSSR count). The van der Waals surface area contributed by atoms with Gasteiger partial charge in [-0.3, -0.25) is 15.0 Å². The summed E-state index contributed by atoms with van der Waals surface area (Å²) in [5.41, 5.74) is -1.31. The van der Waals surface area contributed by atoms with Crippen LogP contribution in [0.3, 0.4) is 0 Å². The third-order valence-electron chi connectivity index (χ3n) is 4.39. The van der Waals surface area contributed by atoms with E-state index in [0.717, 1.165) is 6.07 Å². The summed E-state index contributed by atoms with van der Waals surface area (Å²) < 4.78 is 39.0. The zero-order chi connectivity index (χ0) is 18.1. The van der Waals surface area contributed by atoms with Crippen LogP contribution in [0, 0.1) is 10.1 Å². The van der Waals surface area contributed by atoms with E-state index in [0.29, 0.717) is 32.2 Å². The van der Waals surface area contributed by atoms with Crippen LogP contribution in [-0.4, -0.2) is 52.9 Å². The van der Waals surface area contributed by atoms with Crippen LogP contribution in [-0.2, 0) is 6.18 Å². The van der Waals surface area contributed by atoms with Crippen molar-refractivity contribution >= 4 is 12.7 Å². The molecule has 1 N–H and O–H groups in total. The number of hydrogen-bond acceptors (Lipinski definition) is 5. The van der Waals surface area contributed by atoms with Crippen LogP contribution in [0.5, 0.6) is 0 Å². The van der Waals surface area contributed by atoms with Crippen LogP contribution < -0.4 is 0 Å². The van der Waals surface area contributed by atoms with Gasteiger partial charge in [0, 0.05) is 44.4 Å². The molecule has 24 heavy (non-hydrogen) atoms. The standard InChI is InChI=1S/C14H19BF3N3O3/c1-10(19-3-5-20(6-4-19)15(2)22)11-7-12(14(16,17)18)9-13(8-11)21(23)24/h7-10,22H,3-6H2,1-2H3.